The standard InChI is InChI=1S/C26H28F2N8O2/c1-14-5-4-6-36(14)13-22(37)31-18-9-20(15(2)29-11-18)33-26(38)17-7-16-8-21(32-25(16)30-10-17)19-12-35(3)34-23(19)24(27)28/h7-12,14,24H,4-6,13H2,1-3H3,(H,30,32)(H,31,37)(H,33,38)/t14-/m0/s1. The number of halogens is 2. The summed E-state index contributed by atoms with van der Waals surface area (Å²) in [6.45, 7) is 5.07. The SMILES string of the molecule is Cc1ncc(NC(=O)CN2CCC[C@@H]2C)cc1NC(=O)c1cnc2[nH]c(-c3cn(C)nc3C(F)F)cc2c1. The second-order valence-corrected chi connectivity index (χ2v) is 9.57. The van der Waals surface area contributed by atoms with E-state index < -0.39 is 12.3 Å². The number of aromatic amines is 1. The maximum Gasteiger partial charge on any atom is 0.282 e. The molecule has 0 aliphatic carbocycles. The Morgan fingerprint density at radius 2 is 2.00 bits per heavy atom. The highest BCUT2D eigenvalue weighted by molar-refractivity contribution is 6.06. The Bertz CT molecular complexity index is 1510. The molecule has 0 saturated carbocycles. The topological polar surface area (TPSA) is 121 Å². The molecule has 5 rings (SSSR count). The summed E-state index contributed by atoms with van der Waals surface area (Å²) in [5.74, 6) is -0.556. The number of amides is 2. The van der Waals surface area contributed by atoms with Crippen molar-refractivity contribution in [3.8, 4) is 11.3 Å². The Labute approximate surface area is 217 Å². The summed E-state index contributed by atoms with van der Waals surface area (Å²) < 4.78 is 28.1. The number of carbonyl (C=O) groups excluding carboxylic acids is 2. The molecule has 0 bridgehead atoms. The lowest BCUT2D eigenvalue weighted by atomic mass is 10.1. The molecule has 0 spiro atoms. The van der Waals surface area contributed by atoms with E-state index in [0.717, 1.165) is 19.4 Å². The largest absolute Gasteiger partial charge is 0.339 e. The van der Waals surface area contributed by atoms with Crippen LogP contribution in [0.2, 0.25) is 0 Å². The zero-order valence-corrected chi connectivity index (χ0v) is 21.3. The minimum Gasteiger partial charge on any atom is -0.339 e. The molecule has 4 aromatic heterocycles. The Morgan fingerprint density at radius 1 is 1.18 bits per heavy atom. The highest BCUT2D eigenvalue weighted by atomic mass is 19.3. The van der Waals surface area contributed by atoms with Gasteiger partial charge in [0.2, 0.25) is 5.91 Å². The van der Waals surface area contributed by atoms with Gasteiger partial charge < -0.3 is 15.6 Å². The van der Waals surface area contributed by atoms with Crippen molar-refractivity contribution in [3.63, 3.8) is 0 Å². The molecule has 1 aliphatic rings. The molecule has 1 saturated heterocycles. The van der Waals surface area contributed by atoms with Crippen molar-refractivity contribution in [1.82, 2.24) is 29.6 Å². The van der Waals surface area contributed by atoms with Crippen LogP contribution >= 0.6 is 0 Å². The summed E-state index contributed by atoms with van der Waals surface area (Å²) in [5.41, 5.74) is 2.62. The molecule has 1 fully saturated rings. The van der Waals surface area contributed by atoms with Gasteiger partial charge in [-0.15, -0.1) is 0 Å². The number of anilines is 2. The number of aryl methyl sites for hydroxylation is 2. The third-order valence-corrected chi connectivity index (χ3v) is 6.74. The zero-order valence-electron chi connectivity index (χ0n) is 21.3. The van der Waals surface area contributed by atoms with Crippen LogP contribution in [0.5, 0.6) is 0 Å². The predicted molar refractivity (Wildman–Crippen MR) is 139 cm³/mol. The fraction of sp³-hybridized carbons (Fsp3) is 0.346. The van der Waals surface area contributed by atoms with Crippen LogP contribution in [0, 0.1) is 6.92 Å². The second kappa shape index (κ2) is 10.3. The summed E-state index contributed by atoms with van der Waals surface area (Å²) in [7, 11) is 1.57. The first-order chi connectivity index (χ1) is 18.2. The first-order valence-corrected chi connectivity index (χ1v) is 12.3. The highest BCUT2D eigenvalue weighted by Crippen LogP contribution is 2.31. The van der Waals surface area contributed by atoms with Crippen molar-refractivity contribution in [1.29, 1.82) is 0 Å². The predicted octanol–water partition coefficient (Wildman–Crippen LogP) is 4.28. The number of hydrogen-bond donors (Lipinski definition) is 3. The van der Waals surface area contributed by atoms with E-state index in [4.69, 9.17) is 0 Å². The highest BCUT2D eigenvalue weighted by Gasteiger charge is 2.23. The average Bonchev–Trinajstić information content (AvgIpc) is 3.58. The van der Waals surface area contributed by atoms with Crippen molar-refractivity contribution in [2.75, 3.05) is 23.7 Å². The summed E-state index contributed by atoms with van der Waals surface area (Å²) in [6.07, 6.45) is 3.90. The number of alkyl halides is 2. The number of rotatable bonds is 7. The number of aromatic nitrogens is 5. The molecule has 3 N–H and O–H groups in total. The molecule has 0 unspecified atom stereocenters. The van der Waals surface area contributed by atoms with Gasteiger partial charge in [-0.05, 0) is 51.4 Å². The molecule has 4 aromatic rings. The molecule has 12 heteroatoms. The number of hydrogen-bond acceptors (Lipinski definition) is 6. The van der Waals surface area contributed by atoms with E-state index in [0.29, 0.717) is 46.4 Å². The van der Waals surface area contributed by atoms with Crippen molar-refractivity contribution < 1.29 is 18.4 Å². The fourth-order valence-corrected chi connectivity index (χ4v) is 4.69. The van der Waals surface area contributed by atoms with Crippen molar-refractivity contribution in [2.45, 2.75) is 39.2 Å². The van der Waals surface area contributed by atoms with E-state index in [1.807, 2.05) is 0 Å². The van der Waals surface area contributed by atoms with Crippen LogP contribution in [0.25, 0.3) is 22.3 Å². The number of H-pyrrole nitrogens is 1. The van der Waals surface area contributed by atoms with Gasteiger partial charge in [-0.3, -0.25) is 24.2 Å². The van der Waals surface area contributed by atoms with Gasteiger partial charge >= 0.3 is 0 Å². The molecule has 0 aromatic carbocycles. The van der Waals surface area contributed by atoms with Crippen LogP contribution < -0.4 is 10.6 Å². The van der Waals surface area contributed by atoms with E-state index in [1.165, 1.54) is 17.1 Å². The Balaban J connectivity index is 1.31. The molecule has 1 aliphatic heterocycles. The molecule has 0 radical (unpaired) electrons. The molecule has 2 amide bonds. The maximum atomic E-state index is 13.4. The number of carbonyl (C=O) groups is 2. The number of likely N-dealkylation sites (tertiary alicyclic amines) is 1. The van der Waals surface area contributed by atoms with E-state index in [-0.39, 0.29) is 22.7 Å². The first-order valence-electron chi connectivity index (χ1n) is 12.3. The zero-order chi connectivity index (χ0) is 27.0. The Kier molecular flexibility index (Phi) is 6.89. The Morgan fingerprint density at radius 3 is 2.74 bits per heavy atom. The molecule has 5 heterocycles. The van der Waals surface area contributed by atoms with Crippen molar-refractivity contribution >= 4 is 34.2 Å². The van der Waals surface area contributed by atoms with E-state index in [9.17, 15) is 18.4 Å². The molecule has 38 heavy (non-hydrogen) atoms. The number of nitrogens with one attached hydrogen (secondary N) is 3. The van der Waals surface area contributed by atoms with E-state index in [2.05, 4.69) is 42.5 Å². The lowest BCUT2D eigenvalue weighted by molar-refractivity contribution is -0.117. The van der Waals surface area contributed by atoms with Crippen LogP contribution in [-0.2, 0) is 11.8 Å². The van der Waals surface area contributed by atoms with E-state index in [1.54, 1.807) is 38.4 Å². The van der Waals surface area contributed by atoms with Gasteiger partial charge in [0.1, 0.15) is 11.3 Å². The van der Waals surface area contributed by atoms with Gasteiger partial charge in [-0.2, -0.15) is 5.10 Å². The van der Waals surface area contributed by atoms with Gasteiger partial charge in [0.05, 0.1) is 41.1 Å². The van der Waals surface area contributed by atoms with Gasteiger partial charge in [0, 0.05) is 36.4 Å². The van der Waals surface area contributed by atoms with Crippen LogP contribution in [0.1, 0.15) is 47.9 Å². The number of pyridine rings is 2. The van der Waals surface area contributed by atoms with Crippen LogP contribution in [0.4, 0.5) is 20.2 Å². The first kappa shape index (κ1) is 25.5. The van der Waals surface area contributed by atoms with Gasteiger partial charge in [0.15, 0.2) is 0 Å². The van der Waals surface area contributed by atoms with Crippen molar-refractivity contribution in [2.24, 2.45) is 7.05 Å². The quantitative estimate of drug-likeness (QED) is 0.333. The summed E-state index contributed by atoms with van der Waals surface area (Å²) >= 11 is 0. The lowest BCUT2D eigenvalue weighted by Crippen LogP contribution is -2.35. The van der Waals surface area contributed by atoms with Gasteiger partial charge in [-0.25, -0.2) is 13.8 Å². The lowest BCUT2D eigenvalue weighted by Gasteiger charge is -2.20. The van der Waals surface area contributed by atoms with Crippen LogP contribution in [0.15, 0.2) is 36.8 Å². The minimum absolute atomic E-state index is 0.136. The maximum absolute atomic E-state index is 13.4. The molecule has 1 atom stereocenters. The number of fused-ring (bicyclic) bond motifs is 1. The third-order valence-electron chi connectivity index (χ3n) is 6.74. The van der Waals surface area contributed by atoms with Crippen molar-refractivity contribution in [3.05, 3.63) is 53.7 Å². The number of nitrogens with zero attached hydrogens (tertiary/aromatic N) is 5. The summed E-state index contributed by atoms with van der Waals surface area (Å²) in [4.78, 5) is 39.3. The van der Waals surface area contributed by atoms with Crippen LogP contribution in [0.3, 0.4) is 0 Å². The molecule has 198 valence electrons. The summed E-state index contributed by atoms with van der Waals surface area (Å²) in [5, 5.41) is 10.1. The second-order valence-electron chi connectivity index (χ2n) is 9.57. The van der Waals surface area contributed by atoms with Gasteiger partial charge in [0.25, 0.3) is 12.3 Å². The molecular formula is C26H28F2N8O2. The Hall–Kier alpha value is -4.19. The normalized spacial score (nSPS) is 15.9. The monoisotopic (exact) mass is 522 g/mol. The summed E-state index contributed by atoms with van der Waals surface area (Å²) in [6, 6.07) is 5.33. The van der Waals surface area contributed by atoms with Gasteiger partial charge in [-0.1, -0.05) is 0 Å². The molecule has 10 nitrogen and oxygen atoms in total. The fourth-order valence-electron chi connectivity index (χ4n) is 4.69. The smallest absolute Gasteiger partial charge is 0.282 e. The average molecular weight is 523 g/mol. The van der Waals surface area contributed by atoms with E-state index >= 15 is 0 Å². The molecular weight excluding hydrogens is 494 g/mol. The minimum atomic E-state index is -2.73. The third kappa shape index (κ3) is 5.25. The van der Waals surface area contributed by atoms with Crippen LogP contribution in [-0.4, -0.2) is 60.6 Å².